The normalized spacial score (nSPS) is 9.30. The number of phenolic OH excluding ortho intramolecular Hbond substituents is 2. The fraction of sp³-hybridized carbons (Fsp3) is 0.179. The van der Waals surface area contributed by atoms with Gasteiger partial charge < -0.3 is 46.1 Å². The second kappa shape index (κ2) is 29.4. The molecule has 0 aliphatic rings. The molecule has 237 valence electrons. The number of aryl methyl sites for hydroxylation is 1. The predicted octanol–water partition coefficient (Wildman–Crippen LogP) is 8.71. The number of hydrogen-bond acceptors (Lipinski definition) is 9. The van der Waals surface area contributed by atoms with Gasteiger partial charge in [-0.3, -0.25) is 0 Å². The molecule has 44 heavy (non-hydrogen) atoms. The van der Waals surface area contributed by atoms with Crippen LogP contribution < -0.4 is 5.32 Å². The average Bonchev–Trinajstić information content (AvgIpc) is 3.06. The molecule has 4 aromatic rings. The number of hydrogen-bond donors (Lipinski definition) is 3. The molecular formula is C28H33CuI2N9O3Y-. The van der Waals surface area contributed by atoms with Crippen LogP contribution in [-0.4, -0.2) is 51.9 Å². The minimum atomic E-state index is 0. The van der Waals surface area contributed by atoms with Gasteiger partial charge in [0.05, 0.1) is 5.82 Å². The van der Waals surface area contributed by atoms with Gasteiger partial charge in [0.1, 0.15) is 24.0 Å². The summed E-state index contributed by atoms with van der Waals surface area (Å²) in [5.74, 6) is 1.99. The number of phenols is 2. The van der Waals surface area contributed by atoms with Crippen molar-refractivity contribution in [3.63, 3.8) is 0 Å². The monoisotopic (exact) mass is 949 g/mol. The Morgan fingerprint density at radius 3 is 1.95 bits per heavy atom. The van der Waals surface area contributed by atoms with Crippen molar-refractivity contribution in [3.8, 4) is 11.5 Å². The Hall–Kier alpha value is -2.31. The summed E-state index contributed by atoms with van der Waals surface area (Å²) in [4.78, 5) is 19.9. The molecule has 0 spiro atoms. The summed E-state index contributed by atoms with van der Waals surface area (Å²) in [6.45, 7) is 7.80. The van der Waals surface area contributed by atoms with Crippen molar-refractivity contribution in [2.75, 3.05) is 19.4 Å². The number of azo groups is 1. The van der Waals surface area contributed by atoms with E-state index in [2.05, 4.69) is 83.6 Å². The zero-order valence-corrected chi connectivity index (χ0v) is 32.8. The van der Waals surface area contributed by atoms with Crippen LogP contribution in [-0.2, 0) is 54.6 Å². The van der Waals surface area contributed by atoms with Crippen LogP contribution in [0, 0.1) is 6.92 Å². The third-order valence-electron chi connectivity index (χ3n) is 4.46. The van der Waals surface area contributed by atoms with E-state index in [1.807, 2.05) is 51.0 Å². The van der Waals surface area contributed by atoms with Crippen LogP contribution in [0.15, 0.2) is 94.2 Å². The molecule has 0 bridgehead atoms. The van der Waals surface area contributed by atoms with E-state index in [0.717, 1.165) is 0 Å². The molecule has 16 heteroatoms. The van der Waals surface area contributed by atoms with E-state index in [-0.39, 0.29) is 67.1 Å². The predicted molar refractivity (Wildman–Crippen MR) is 186 cm³/mol. The number of anilines is 1. The van der Waals surface area contributed by atoms with E-state index in [1.54, 1.807) is 57.4 Å². The van der Waals surface area contributed by atoms with E-state index in [9.17, 15) is 10.2 Å². The van der Waals surface area contributed by atoms with Gasteiger partial charge in [0, 0.05) is 88.5 Å². The van der Waals surface area contributed by atoms with Crippen molar-refractivity contribution in [2.24, 2.45) is 15.3 Å². The quantitative estimate of drug-likeness (QED) is 0.0433. The van der Waals surface area contributed by atoms with Gasteiger partial charge in [0.2, 0.25) is 0 Å². The summed E-state index contributed by atoms with van der Waals surface area (Å²) < 4.78 is 0. The maximum Gasteiger partial charge on any atom is 1.00 e. The molecule has 1 aromatic heterocycles. The van der Waals surface area contributed by atoms with E-state index >= 15 is 0 Å². The Kier molecular flexibility index (Phi) is 30.8. The number of nitrogens with one attached hydrogen (secondary N) is 1. The van der Waals surface area contributed by atoms with Crippen molar-refractivity contribution >= 4 is 73.1 Å². The van der Waals surface area contributed by atoms with E-state index in [0.29, 0.717) is 34.7 Å². The zero-order chi connectivity index (χ0) is 31.8. The number of carbonyl (C=O) groups is 1. The average molecular weight is 950 g/mol. The third-order valence-corrected chi connectivity index (χ3v) is 4.46. The van der Waals surface area contributed by atoms with Gasteiger partial charge in [-0.15, -0.1) is 10.2 Å². The molecule has 3 aromatic carbocycles. The van der Waals surface area contributed by atoms with Gasteiger partial charge in [0.15, 0.2) is 11.8 Å². The molecule has 12 nitrogen and oxygen atoms in total. The number of aromatic nitrogens is 3. The van der Waals surface area contributed by atoms with Gasteiger partial charge in [-0.1, -0.05) is 80.2 Å². The summed E-state index contributed by atoms with van der Waals surface area (Å²) in [5, 5.41) is 38.5. The zero-order valence-electron chi connectivity index (χ0n) is 24.7. The molecule has 0 aliphatic carbocycles. The van der Waals surface area contributed by atoms with E-state index < -0.39 is 0 Å². The molecule has 1 heterocycles. The standard InChI is InChI=1S/C19H15N4O2.C6H10N5.C2H6.CH2O.Cu.I2.Y/c24-17-12-6-4-10-15(17)20-22-19(14-8-2-1-3-9-14)23-21-16-11-5-7-13-18(16)25;1-4-9-5(7-2)11-6(8-3)10-4;2*1-2;;1-2;/h1-13H,(H2-,20,21,22,23,24,25);1-3H3,(H-,7,8,9,10,11);1-2H3;1H2;;;/q2*-1;;;+1;;. The van der Waals surface area contributed by atoms with Crippen LogP contribution in [0.1, 0.15) is 25.2 Å². The van der Waals surface area contributed by atoms with E-state index in [4.69, 9.17) is 4.79 Å². The van der Waals surface area contributed by atoms with Gasteiger partial charge in [-0.2, -0.15) is 0 Å². The summed E-state index contributed by atoms with van der Waals surface area (Å²) >= 11 is 4.24. The number of benzene rings is 3. The minimum absolute atomic E-state index is 0. The van der Waals surface area contributed by atoms with Crippen LogP contribution in [0.25, 0.3) is 10.7 Å². The molecule has 3 N–H and O–H groups in total. The molecule has 0 saturated carbocycles. The second-order valence-electron chi connectivity index (χ2n) is 7.05. The summed E-state index contributed by atoms with van der Waals surface area (Å²) in [6.07, 6.45) is 0. The largest absolute Gasteiger partial charge is 1.00 e. The molecule has 0 fully saturated rings. The van der Waals surface area contributed by atoms with Crippen molar-refractivity contribution in [1.82, 2.24) is 15.0 Å². The number of rotatable bonds is 6. The smallest absolute Gasteiger partial charge is 0.571 e. The van der Waals surface area contributed by atoms with Gasteiger partial charge in [-0.05, 0) is 32.2 Å². The van der Waals surface area contributed by atoms with Gasteiger partial charge in [0.25, 0.3) is 0 Å². The SMILES string of the molecule is C=O.CC.C[N-]c1nc(C)nc(NC)n1.II.Oc1ccccc1N=NC(=N[N-]c1ccccc1O)c1ccccc1.[Cu+].[Y]. The second-order valence-corrected chi connectivity index (χ2v) is 7.05. The summed E-state index contributed by atoms with van der Waals surface area (Å²) in [5.41, 5.74) is 5.40. The van der Waals surface area contributed by atoms with Crippen molar-refractivity contribution in [3.05, 3.63) is 101 Å². The Morgan fingerprint density at radius 2 is 1.41 bits per heavy atom. The molecule has 0 atom stereocenters. The number of nitrogens with zero attached hydrogens (tertiary/aromatic N) is 8. The van der Waals surface area contributed by atoms with Crippen LogP contribution in [0.4, 0.5) is 23.3 Å². The Balaban J connectivity index is -0.000000749. The van der Waals surface area contributed by atoms with E-state index in [1.165, 1.54) is 12.1 Å². The Bertz CT molecular complexity index is 1350. The molecule has 0 aliphatic heterocycles. The van der Waals surface area contributed by atoms with Crippen molar-refractivity contribution < 1.29 is 64.8 Å². The first-order chi connectivity index (χ1) is 20.5. The maximum absolute atomic E-state index is 9.79. The van der Waals surface area contributed by atoms with Crippen LogP contribution >= 0.6 is 37.2 Å². The number of carbonyl (C=O) groups excluding carboxylic acids is 1. The Labute approximate surface area is 317 Å². The fourth-order valence-corrected chi connectivity index (χ4v) is 2.70. The molecule has 1 radical (unpaired) electrons. The minimum Gasteiger partial charge on any atom is -0.571 e. The fourth-order valence-electron chi connectivity index (χ4n) is 2.70. The number of aromatic hydroxyl groups is 2. The first-order valence-electron chi connectivity index (χ1n) is 12.3. The van der Waals surface area contributed by atoms with Crippen LogP contribution in [0.3, 0.4) is 0 Å². The Morgan fingerprint density at radius 1 is 0.864 bits per heavy atom. The summed E-state index contributed by atoms with van der Waals surface area (Å²) in [7, 11) is 3.41. The first-order valence-corrected chi connectivity index (χ1v) is 18.5. The molecule has 0 unspecified atom stereocenters. The topological polar surface area (TPSA) is 174 Å². The number of amidine groups is 1. The summed E-state index contributed by atoms with van der Waals surface area (Å²) in [6, 6.07) is 22.5. The van der Waals surface area contributed by atoms with Crippen molar-refractivity contribution in [2.45, 2.75) is 20.8 Å². The van der Waals surface area contributed by atoms with Gasteiger partial charge in [-0.25, -0.2) is 4.98 Å². The van der Waals surface area contributed by atoms with Crippen LogP contribution in [0.2, 0.25) is 0 Å². The van der Waals surface area contributed by atoms with Gasteiger partial charge >= 0.3 is 17.1 Å². The van der Waals surface area contributed by atoms with Crippen LogP contribution in [0.5, 0.6) is 11.5 Å². The maximum atomic E-state index is 9.79. The molecule has 0 saturated heterocycles. The molecule has 0 amide bonds. The number of para-hydroxylation sites is 2. The molecular weight excluding hydrogens is 917 g/mol. The molecule has 4 rings (SSSR count). The number of halogens is 2. The van der Waals surface area contributed by atoms with Crippen molar-refractivity contribution in [1.29, 1.82) is 0 Å². The first kappa shape index (κ1) is 46.1. The third kappa shape index (κ3) is 17.9.